The van der Waals surface area contributed by atoms with Crippen LogP contribution in [0.25, 0.3) is 0 Å². The molecule has 180 valence electrons. The van der Waals surface area contributed by atoms with Gasteiger partial charge in [-0.3, -0.25) is 4.90 Å². The van der Waals surface area contributed by atoms with Crippen LogP contribution in [0.2, 0.25) is 0 Å². The Morgan fingerprint density at radius 2 is 1.48 bits per heavy atom. The lowest BCUT2D eigenvalue weighted by molar-refractivity contribution is -0.134. The average Bonchev–Trinajstić information content (AvgIpc) is 2.76. The van der Waals surface area contributed by atoms with Gasteiger partial charge in [-0.1, -0.05) is 48.0 Å². The molecular formula is C27H37NO5. The minimum Gasteiger partial charge on any atom is -0.496 e. The number of hydrogen-bond acceptors (Lipinski definition) is 4. The van der Waals surface area contributed by atoms with Gasteiger partial charge in [-0.25, -0.2) is 9.59 Å². The van der Waals surface area contributed by atoms with Gasteiger partial charge in [-0.2, -0.15) is 0 Å². The number of carbonyl (C=O) groups is 2. The van der Waals surface area contributed by atoms with Gasteiger partial charge in [0.2, 0.25) is 0 Å². The van der Waals surface area contributed by atoms with Gasteiger partial charge in [0.15, 0.2) is 0 Å². The van der Waals surface area contributed by atoms with Crippen LogP contribution >= 0.6 is 0 Å². The molecule has 0 bridgehead atoms. The van der Waals surface area contributed by atoms with Gasteiger partial charge in [0.1, 0.15) is 5.75 Å². The van der Waals surface area contributed by atoms with E-state index in [9.17, 15) is 9.59 Å². The standard InChI is InChI=1S/C23H33NO.C4H4O4/c1-17(2)24(18(3)4)15-14-21(20-10-8-7-9-11-20)22-16-19(5)12-13-23(22)25-6;5-3(6)1-2-4(7)8/h7-13,16-18,21H,14-15H2,1-6H3;1-2H,(H,5,6)(H,7,8). The maximum atomic E-state index is 9.55. The zero-order chi connectivity index (χ0) is 25.0. The second-order valence-corrected chi connectivity index (χ2v) is 8.43. The SMILES string of the molecule is COc1ccc(C)cc1C(CCN(C(C)C)C(C)C)c1ccccc1.O=C(O)C=CC(=O)O. The molecule has 1 unspecified atom stereocenters. The first kappa shape index (κ1) is 27.9. The van der Waals surface area contributed by atoms with E-state index in [0.717, 1.165) is 18.7 Å². The number of ether oxygens (including phenoxy) is 1. The number of aryl methyl sites for hydroxylation is 1. The molecule has 0 aliphatic heterocycles. The van der Waals surface area contributed by atoms with Gasteiger partial charge < -0.3 is 14.9 Å². The van der Waals surface area contributed by atoms with E-state index in [2.05, 4.69) is 88.0 Å². The molecule has 0 aliphatic rings. The van der Waals surface area contributed by atoms with Crippen molar-refractivity contribution in [1.82, 2.24) is 4.90 Å². The lowest BCUT2D eigenvalue weighted by Gasteiger charge is -2.32. The smallest absolute Gasteiger partial charge is 0.328 e. The van der Waals surface area contributed by atoms with Gasteiger partial charge in [-0.05, 0) is 59.2 Å². The number of rotatable bonds is 10. The Kier molecular flexibility index (Phi) is 11.9. The van der Waals surface area contributed by atoms with Crippen LogP contribution in [-0.4, -0.2) is 52.8 Å². The Bertz CT molecular complexity index is 882. The average molecular weight is 456 g/mol. The largest absolute Gasteiger partial charge is 0.496 e. The number of aliphatic carboxylic acids is 2. The van der Waals surface area contributed by atoms with Crippen molar-refractivity contribution in [2.45, 2.75) is 59.0 Å². The van der Waals surface area contributed by atoms with Gasteiger partial charge in [-0.15, -0.1) is 0 Å². The first-order valence-electron chi connectivity index (χ1n) is 11.2. The van der Waals surface area contributed by atoms with E-state index < -0.39 is 11.9 Å². The van der Waals surface area contributed by atoms with Crippen LogP contribution in [0.1, 0.15) is 56.7 Å². The zero-order valence-corrected chi connectivity index (χ0v) is 20.5. The van der Waals surface area contributed by atoms with E-state index >= 15 is 0 Å². The highest BCUT2D eigenvalue weighted by Gasteiger charge is 2.21. The fourth-order valence-electron chi connectivity index (χ4n) is 3.85. The summed E-state index contributed by atoms with van der Waals surface area (Å²) in [7, 11) is 1.77. The summed E-state index contributed by atoms with van der Waals surface area (Å²) in [5.41, 5.74) is 3.93. The molecular weight excluding hydrogens is 418 g/mol. The second-order valence-electron chi connectivity index (χ2n) is 8.43. The molecule has 2 rings (SSSR count). The van der Waals surface area contributed by atoms with E-state index in [0.29, 0.717) is 30.2 Å². The topological polar surface area (TPSA) is 87.1 Å². The molecule has 33 heavy (non-hydrogen) atoms. The summed E-state index contributed by atoms with van der Waals surface area (Å²) in [5.74, 6) is -1.18. The second kappa shape index (κ2) is 14.1. The molecule has 2 aromatic carbocycles. The Morgan fingerprint density at radius 3 is 1.94 bits per heavy atom. The van der Waals surface area contributed by atoms with E-state index in [1.54, 1.807) is 7.11 Å². The molecule has 6 heteroatoms. The zero-order valence-electron chi connectivity index (χ0n) is 20.5. The monoisotopic (exact) mass is 455 g/mol. The molecule has 1 atom stereocenters. The molecule has 0 fully saturated rings. The van der Waals surface area contributed by atoms with E-state index in [1.807, 2.05) is 0 Å². The number of benzene rings is 2. The molecule has 0 radical (unpaired) electrons. The van der Waals surface area contributed by atoms with Crippen LogP contribution < -0.4 is 4.74 Å². The highest BCUT2D eigenvalue weighted by Crippen LogP contribution is 2.35. The Hall–Kier alpha value is -3.12. The van der Waals surface area contributed by atoms with Crippen LogP contribution in [0.3, 0.4) is 0 Å². The van der Waals surface area contributed by atoms with Crippen LogP contribution in [0.4, 0.5) is 0 Å². The van der Waals surface area contributed by atoms with Gasteiger partial charge in [0.25, 0.3) is 0 Å². The summed E-state index contributed by atoms with van der Waals surface area (Å²) in [4.78, 5) is 21.7. The van der Waals surface area contributed by atoms with Gasteiger partial charge in [0, 0.05) is 35.7 Å². The summed E-state index contributed by atoms with van der Waals surface area (Å²) in [6.07, 6.45) is 2.20. The van der Waals surface area contributed by atoms with Crippen molar-refractivity contribution >= 4 is 11.9 Å². The molecule has 6 nitrogen and oxygen atoms in total. The fourth-order valence-corrected chi connectivity index (χ4v) is 3.85. The molecule has 0 saturated heterocycles. The highest BCUT2D eigenvalue weighted by molar-refractivity contribution is 5.89. The number of hydrogen-bond donors (Lipinski definition) is 2. The molecule has 0 amide bonds. The number of carboxylic acids is 2. The van der Waals surface area contributed by atoms with Crippen LogP contribution in [0, 0.1) is 6.92 Å². The maximum absolute atomic E-state index is 9.55. The molecule has 0 aliphatic carbocycles. The van der Waals surface area contributed by atoms with E-state index in [4.69, 9.17) is 14.9 Å². The Morgan fingerprint density at radius 1 is 0.939 bits per heavy atom. The Balaban J connectivity index is 0.000000582. The van der Waals surface area contributed by atoms with Crippen molar-refractivity contribution in [3.05, 3.63) is 77.4 Å². The first-order valence-corrected chi connectivity index (χ1v) is 11.2. The highest BCUT2D eigenvalue weighted by atomic mass is 16.5. The van der Waals surface area contributed by atoms with Crippen LogP contribution in [-0.2, 0) is 9.59 Å². The molecule has 0 spiro atoms. The van der Waals surface area contributed by atoms with E-state index in [-0.39, 0.29) is 0 Å². The Labute approximate surface area is 197 Å². The third-order valence-corrected chi connectivity index (χ3v) is 5.33. The normalized spacial score (nSPS) is 12.0. The molecule has 2 N–H and O–H groups in total. The quantitative estimate of drug-likeness (QED) is 0.469. The van der Waals surface area contributed by atoms with Crippen LogP contribution in [0.5, 0.6) is 5.75 Å². The lowest BCUT2D eigenvalue weighted by atomic mass is 9.86. The van der Waals surface area contributed by atoms with Crippen molar-refractivity contribution in [3.8, 4) is 5.75 Å². The predicted octanol–water partition coefficient (Wildman–Crippen LogP) is 5.36. The summed E-state index contributed by atoms with van der Waals surface area (Å²) in [6, 6.07) is 18.4. The van der Waals surface area contributed by atoms with Crippen LogP contribution in [0.15, 0.2) is 60.7 Å². The van der Waals surface area contributed by atoms with Crippen molar-refractivity contribution < 1.29 is 24.5 Å². The van der Waals surface area contributed by atoms with Crippen molar-refractivity contribution in [3.63, 3.8) is 0 Å². The number of nitrogens with zero attached hydrogens (tertiary/aromatic N) is 1. The van der Waals surface area contributed by atoms with Crippen molar-refractivity contribution in [1.29, 1.82) is 0 Å². The summed E-state index contributed by atoms with van der Waals surface area (Å²) >= 11 is 0. The molecule has 0 aromatic heterocycles. The first-order chi connectivity index (χ1) is 15.6. The third kappa shape index (κ3) is 9.91. The fraction of sp³-hybridized carbons (Fsp3) is 0.407. The maximum Gasteiger partial charge on any atom is 0.328 e. The van der Waals surface area contributed by atoms with Gasteiger partial charge in [0.05, 0.1) is 7.11 Å². The van der Waals surface area contributed by atoms with Crippen molar-refractivity contribution in [2.24, 2.45) is 0 Å². The van der Waals surface area contributed by atoms with Gasteiger partial charge >= 0.3 is 11.9 Å². The summed E-state index contributed by atoms with van der Waals surface area (Å²) < 4.78 is 5.69. The molecule has 0 saturated carbocycles. The third-order valence-electron chi connectivity index (χ3n) is 5.33. The lowest BCUT2D eigenvalue weighted by Crippen LogP contribution is -2.38. The number of carboxylic acid groups (broad SMARTS) is 2. The summed E-state index contributed by atoms with van der Waals surface area (Å²) in [5, 5.41) is 15.6. The number of methoxy groups -OCH3 is 1. The minimum atomic E-state index is -1.26. The minimum absolute atomic E-state index is 0.344. The molecule has 0 heterocycles. The van der Waals surface area contributed by atoms with E-state index in [1.165, 1.54) is 16.7 Å². The van der Waals surface area contributed by atoms with Crippen molar-refractivity contribution in [2.75, 3.05) is 13.7 Å². The summed E-state index contributed by atoms with van der Waals surface area (Å²) in [6.45, 7) is 12.4. The molecule has 2 aromatic rings. The predicted molar refractivity (Wildman–Crippen MR) is 132 cm³/mol.